The lowest BCUT2D eigenvalue weighted by Crippen LogP contribution is -2.40. The average Bonchev–Trinajstić information content (AvgIpc) is 3.25. The zero-order valence-electron chi connectivity index (χ0n) is 12.6. The third kappa shape index (κ3) is 1.97. The zero-order chi connectivity index (χ0) is 15.9. The monoisotopic (exact) mass is 307 g/mol. The predicted octanol–water partition coefficient (Wildman–Crippen LogP) is 1.99. The van der Waals surface area contributed by atoms with Crippen LogP contribution in [0.4, 0.5) is 5.82 Å². The van der Waals surface area contributed by atoms with Crippen molar-refractivity contribution in [3.05, 3.63) is 48.5 Å². The summed E-state index contributed by atoms with van der Waals surface area (Å²) in [5.74, 6) is 0.359. The number of ether oxygens (including phenoxy) is 1. The molecule has 0 aromatic carbocycles. The number of aromatic nitrogens is 3. The standard InChI is InChI=1S/C17H17N5O/c18-10-17(8-2-1-4-12(17)14-5-3-9-23-14)15-7-6-13-16(19)20-11-21-22(13)15/h1-2,4,6-8,11-12,14H,3,5,9H2,(H2,19,20,21). The Labute approximate surface area is 133 Å². The number of allylic oxidation sites excluding steroid dienone is 3. The Morgan fingerprint density at radius 3 is 3.09 bits per heavy atom. The second-order valence-corrected chi connectivity index (χ2v) is 5.96. The largest absolute Gasteiger partial charge is 0.382 e. The number of hydrogen-bond donors (Lipinski definition) is 1. The van der Waals surface area contributed by atoms with Gasteiger partial charge < -0.3 is 10.5 Å². The van der Waals surface area contributed by atoms with Crippen molar-refractivity contribution in [3.63, 3.8) is 0 Å². The van der Waals surface area contributed by atoms with Crippen molar-refractivity contribution < 1.29 is 4.74 Å². The van der Waals surface area contributed by atoms with Crippen molar-refractivity contribution in [1.29, 1.82) is 5.26 Å². The summed E-state index contributed by atoms with van der Waals surface area (Å²) in [6, 6.07) is 6.29. The van der Waals surface area contributed by atoms with Gasteiger partial charge in [0, 0.05) is 12.5 Å². The first-order valence-corrected chi connectivity index (χ1v) is 7.74. The third-order valence-electron chi connectivity index (χ3n) is 4.77. The van der Waals surface area contributed by atoms with E-state index in [0.29, 0.717) is 11.3 Å². The fourth-order valence-electron chi connectivity index (χ4n) is 3.65. The first-order valence-electron chi connectivity index (χ1n) is 7.74. The van der Waals surface area contributed by atoms with Gasteiger partial charge in [-0.25, -0.2) is 9.50 Å². The predicted molar refractivity (Wildman–Crippen MR) is 85.4 cm³/mol. The SMILES string of the molecule is N#CC1(c2ccc3c(N)ncnn23)C=CC=CC1C1CCCO1. The van der Waals surface area contributed by atoms with E-state index in [2.05, 4.69) is 22.2 Å². The molecule has 3 atom stereocenters. The molecule has 2 aromatic heterocycles. The number of fused-ring (bicyclic) bond motifs is 1. The van der Waals surface area contributed by atoms with E-state index in [0.717, 1.165) is 25.1 Å². The van der Waals surface area contributed by atoms with Crippen LogP contribution in [0.1, 0.15) is 18.5 Å². The molecule has 2 N–H and O–H groups in total. The number of anilines is 1. The van der Waals surface area contributed by atoms with Gasteiger partial charge in [-0.15, -0.1) is 0 Å². The van der Waals surface area contributed by atoms with Crippen LogP contribution in [-0.2, 0) is 10.2 Å². The lowest BCUT2D eigenvalue weighted by molar-refractivity contribution is 0.0643. The highest BCUT2D eigenvalue weighted by Gasteiger charge is 2.46. The van der Waals surface area contributed by atoms with Crippen molar-refractivity contribution in [1.82, 2.24) is 14.6 Å². The summed E-state index contributed by atoms with van der Waals surface area (Å²) in [7, 11) is 0. The van der Waals surface area contributed by atoms with Gasteiger partial charge in [0.15, 0.2) is 5.82 Å². The van der Waals surface area contributed by atoms with Crippen LogP contribution in [0.3, 0.4) is 0 Å². The van der Waals surface area contributed by atoms with Crippen LogP contribution in [0.25, 0.3) is 5.52 Å². The van der Waals surface area contributed by atoms with E-state index in [1.807, 2.05) is 30.4 Å². The Balaban J connectivity index is 1.90. The molecule has 116 valence electrons. The van der Waals surface area contributed by atoms with Crippen molar-refractivity contribution >= 4 is 11.3 Å². The Hall–Kier alpha value is -2.65. The Morgan fingerprint density at radius 2 is 2.30 bits per heavy atom. The summed E-state index contributed by atoms with van der Waals surface area (Å²) in [6.07, 6.45) is 11.4. The van der Waals surface area contributed by atoms with Gasteiger partial charge in [-0.3, -0.25) is 0 Å². The van der Waals surface area contributed by atoms with Crippen molar-refractivity contribution in [2.24, 2.45) is 5.92 Å². The molecule has 6 heteroatoms. The summed E-state index contributed by atoms with van der Waals surface area (Å²) in [5, 5.41) is 14.4. The highest BCUT2D eigenvalue weighted by molar-refractivity contribution is 5.66. The molecule has 0 amide bonds. The second kappa shape index (κ2) is 5.21. The number of hydrogen-bond acceptors (Lipinski definition) is 5. The fraction of sp³-hybridized carbons (Fsp3) is 0.353. The van der Waals surface area contributed by atoms with Gasteiger partial charge in [-0.2, -0.15) is 10.4 Å². The lowest BCUT2D eigenvalue weighted by atomic mass is 9.68. The molecular weight excluding hydrogens is 290 g/mol. The molecular formula is C17H17N5O. The maximum Gasteiger partial charge on any atom is 0.151 e. The number of nitrogen functional groups attached to an aromatic ring is 1. The van der Waals surface area contributed by atoms with Crippen LogP contribution in [0.5, 0.6) is 0 Å². The molecule has 3 heterocycles. The van der Waals surface area contributed by atoms with E-state index in [9.17, 15) is 5.26 Å². The number of rotatable bonds is 2. The minimum atomic E-state index is -0.822. The summed E-state index contributed by atoms with van der Waals surface area (Å²) in [6.45, 7) is 0.754. The quantitative estimate of drug-likeness (QED) is 0.916. The molecule has 1 aliphatic heterocycles. The summed E-state index contributed by atoms with van der Waals surface area (Å²) >= 11 is 0. The second-order valence-electron chi connectivity index (χ2n) is 5.96. The zero-order valence-corrected chi connectivity index (χ0v) is 12.6. The Kier molecular flexibility index (Phi) is 3.17. The number of nitrogens with two attached hydrogens (primary N) is 1. The van der Waals surface area contributed by atoms with Gasteiger partial charge in [0.05, 0.1) is 17.9 Å². The van der Waals surface area contributed by atoms with Gasteiger partial charge in [0.1, 0.15) is 17.3 Å². The van der Waals surface area contributed by atoms with E-state index >= 15 is 0 Å². The summed E-state index contributed by atoms with van der Waals surface area (Å²) in [4.78, 5) is 4.02. The fourth-order valence-corrected chi connectivity index (χ4v) is 3.65. The smallest absolute Gasteiger partial charge is 0.151 e. The Morgan fingerprint density at radius 1 is 1.39 bits per heavy atom. The van der Waals surface area contributed by atoms with E-state index < -0.39 is 5.41 Å². The molecule has 1 saturated heterocycles. The number of nitrogens with zero attached hydrogens (tertiary/aromatic N) is 4. The van der Waals surface area contributed by atoms with Gasteiger partial charge in [-0.05, 0) is 25.0 Å². The average molecular weight is 307 g/mol. The first kappa shape index (κ1) is 14.0. The molecule has 1 fully saturated rings. The molecule has 3 unspecified atom stereocenters. The van der Waals surface area contributed by atoms with Crippen LogP contribution in [0.2, 0.25) is 0 Å². The van der Waals surface area contributed by atoms with Crippen LogP contribution in [-0.4, -0.2) is 27.3 Å². The molecule has 2 aromatic rings. The summed E-state index contributed by atoms with van der Waals surface area (Å²) in [5.41, 5.74) is 6.62. The summed E-state index contributed by atoms with van der Waals surface area (Å²) < 4.78 is 7.60. The van der Waals surface area contributed by atoms with E-state index in [1.54, 1.807) is 4.52 Å². The van der Waals surface area contributed by atoms with Crippen molar-refractivity contribution in [2.45, 2.75) is 24.4 Å². The third-order valence-corrected chi connectivity index (χ3v) is 4.77. The van der Waals surface area contributed by atoms with E-state index in [-0.39, 0.29) is 12.0 Å². The molecule has 23 heavy (non-hydrogen) atoms. The maximum atomic E-state index is 10.1. The van der Waals surface area contributed by atoms with Gasteiger partial charge in [0.25, 0.3) is 0 Å². The Bertz CT molecular complexity index is 840. The molecule has 1 aliphatic carbocycles. The van der Waals surface area contributed by atoms with Crippen molar-refractivity contribution in [2.75, 3.05) is 12.3 Å². The molecule has 6 nitrogen and oxygen atoms in total. The van der Waals surface area contributed by atoms with E-state index in [1.165, 1.54) is 6.33 Å². The van der Waals surface area contributed by atoms with E-state index in [4.69, 9.17) is 10.5 Å². The lowest BCUT2D eigenvalue weighted by Gasteiger charge is -2.35. The highest BCUT2D eigenvalue weighted by Crippen LogP contribution is 2.42. The number of nitriles is 1. The minimum absolute atomic E-state index is 0.0422. The maximum absolute atomic E-state index is 10.1. The topological polar surface area (TPSA) is 89.2 Å². The van der Waals surface area contributed by atoms with Crippen LogP contribution in [0, 0.1) is 17.2 Å². The molecule has 4 rings (SSSR count). The highest BCUT2D eigenvalue weighted by atomic mass is 16.5. The van der Waals surface area contributed by atoms with Gasteiger partial charge in [0.2, 0.25) is 0 Å². The first-order chi connectivity index (χ1) is 11.3. The molecule has 0 spiro atoms. The van der Waals surface area contributed by atoms with Crippen LogP contribution >= 0.6 is 0 Å². The molecule has 0 radical (unpaired) electrons. The van der Waals surface area contributed by atoms with Gasteiger partial charge >= 0.3 is 0 Å². The molecule has 2 aliphatic rings. The van der Waals surface area contributed by atoms with Crippen LogP contribution in [0.15, 0.2) is 42.8 Å². The molecule has 0 saturated carbocycles. The van der Waals surface area contributed by atoms with Crippen LogP contribution < -0.4 is 5.73 Å². The van der Waals surface area contributed by atoms with Gasteiger partial charge in [-0.1, -0.05) is 24.3 Å². The molecule has 0 bridgehead atoms. The van der Waals surface area contributed by atoms with Crippen molar-refractivity contribution in [3.8, 4) is 6.07 Å². The minimum Gasteiger partial charge on any atom is -0.382 e. The normalized spacial score (nSPS) is 29.9.